The standard InChI is InChI=1S/C14H20O3/c1-3-11-9-12-5-8-17-14(12)13(10-11)16-7-4-6-15-2/h9-10H,3-8H2,1-2H3. The number of aryl methyl sites for hydroxylation is 1. The Labute approximate surface area is 103 Å². The lowest BCUT2D eigenvalue weighted by atomic mass is 10.1. The molecule has 0 aromatic heterocycles. The summed E-state index contributed by atoms with van der Waals surface area (Å²) >= 11 is 0. The fourth-order valence-electron chi connectivity index (χ4n) is 2.03. The topological polar surface area (TPSA) is 27.7 Å². The summed E-state index contributed by atoms with van der Waals surface area (Å²) in [7, 11) is 1.71. The number of rotatable bonds is 6. The van der Waals surface area contributed by atoms with Crippen molar-refractivity contribution < 1.29 is 14.2 Å². The van der Waals surface area contributed by atoms with Crippen LogP contribution < -0.4 is 9.47 Å². The normalized spacial score (nSPS) is 13.3. The van der Waals surface area contributed by atoms with Crippen LogP contribution in [0.15, 0.2) is 12.1 Å². The molecule has 0 amide bonds. The fraction of sp³-hybridized carbons (Fsp3) is 0.571. The van der Waals surface area contributed by atoms with E-state index in [0.29, 0.717) is 6.61 Å². The zero-order valence-corrected chi connectivity index (χ0v) is 10.6. The van der Waals surface area contributed by atoms with Gasteiger partial charge in [0, 0.05) is 32.1 Å². The molecule has 0 unspecified atom stereocenters. The van der Waals surface area contributed by atoms with E-state index in [1.54, 1.807) is 7.11 Å². The highest BCUT2D eigenvalue weighted by Gasteiger charge is 2.18. The number of methoxy groups -OCH3 is 1. The molecule has 1 aliphatic heterocycles. The van der Waals surface area contributed by atoms with Crippen LogP contribution in [0.4, 0.5) is 0 Å². The second kappa shape index (κ2) is 5.92. The van der Waals surface area contributed by atoms with Crippen LogP contribution in [0.25, 0.3) is 0 Å². The SMILES string of the molecule is CCc1cc2c(c(OCCCOC)c1)OCC2. The third-order valence-electron chi connectivity index (χ3n) is 2.97. The second-order valence-electron chi connectivity index (χ2n) is 4.23. The van der Waals surface area contributed by atoms with E-state index in [1.807, 2.05) is 0 Å². The first kappa shape index (κ1) is 12.2. The van der Waals surface area contributed by atoms with Crippen molar-refractivity contribution in [1.29, 1.82) is 0 Å². The first-order valence-corrected chi connectivity index (χ1v) is 6.25. The van der Waals surface area contributed by atoms with Crippen molar-refractivity contribution in [1.82, 2.24) is 0 Å². The van der Waals surface area contributed by atoms with Gasteiger partial charge in [0.15, 0.2) is 11.5 Å². The van der Waals surface area contributed by atoms with Crippen molar-refractivity contribution in [2.75, 3.05) is 26.9 Å². The summed E-state index contributed by atoms with van der Waals surface area (Å²) in [6, 6.07) is 4.32. The maximum atomic E-state index is 5.79. The highest BCUT2D eigenvalue weighted by Crippen LogP contribution is 2.37. The molecule has 3 nitrogen and oxygen atoms in total. The molecule has 1 aromatic rings. The number of hydrogen-bond donors (Lipinski definition) is 0. The Kier molecular flexibility index (Phi) is 4.26. The molecule has 1 heterocycles. The minimum absolute atomic E-state index is 0.677. The van der Waals surface area contributed by atoms with E-state index in [2.05, 4.69) is 19.1 Å². The molecule has 0 fully saturated rings. The molecule has 0 atom stereocenters. The Morgan fingerprint density at radius 1 is 1.29 bits per heavy atom. The Bertz CT molecular complexity index is 374. The zero-order valence-electron chi connectivity index (χ0n) is 10.6. The molecular formula is C14H20O3. The van der Waals surface area contributed by atoms with E-state index < -0.39 is 0 Å². The minimum Gasteiger partial charge on any atom is -0.490 e. The van der Waals surface area contributed by atoms with Gasteiger partial charge in [0.2, 0.25) is 0 Å². The highest BCUT2D eigenvalue weighted by atomic mass is 16.5. The highest BCUT2D eigenvalue weighted by molar-refractivity contribution is 5.51. The summed E-state index contributed by atoms with van der Waals surface area (Å²) in [5.41, 5.74) is 2.60. The van der Waals surface area contributed by atoms with Gasteiger partial charge >= 0.3 is 0 Å². The minimum atomic E-state index is 0.677. The number of ether oxygens (including phenoxy) is 3. The van der Waals surface area contributed by atoms with Crippen LogP contribution in [0.5, 0.6) is 11.5 Å². The van der Waals surface area contributed by atoms with E-state index in [1.165, 1.54) is 11.1 Å². The molecule has 0 spiro atoms. The summed E-state index contributed by atoms with van der Waals surface area (Å²) in [6.07, 6.45) is 2.93. The molecule has 0 aliphatic carbocycles. The van der Waals surface area contributed by atoms with Gasteiger partial charge in [-0.25, -0.2) is 0 Å². The molecule has 2 rings (SSSR count). The van der Waals surface area contributed by atoms with E-state index >= 15 is 0 Å². The van der Waals surface area contributed by atoms with E-state index in [4.69, 9.17) is 14.2 Å². The quantitative estimate of drug-likeness (QED) is 0.711. The van der Waals surface area contributed by atoms with Crippen molar-refractivity contribution in [3.63, 3.8) is 0 Å². The van der Waals surface area contributed by atoms with Crippen molar-refractivity contribution in [2.45, 2.75) is 26.2 Å². The van der Waals surface area contributed by atoms with Gasteiger partial charge in [0.1, 0.15) is 0 Å². The third-order valence-corrected chi connectivity index (χ3v) is 2.97. The van der Waals surface area contributed by atoms with Crippen LogP contribution in [0.1, 0.15) is 24.5 Å². The van der Waals surface area contributed by atoms with Gasteiger partial charge in [-0.05, 0) is 18.1 Å². The van der Waals surface area contributed by atoms with Crippen molar-refractivity contribution in [2.24, 2.45) is 0 Å². The molecule has 3 heteroatoms. The maximum absolute atomic E-state index is 5.79. The number of benzene rings is 1. The van der Waals surface area contributed by atoms with E-state index in [9.17, 15) is 0 Å². The van der Waals surface area contributed by atoms with Crippen LogP contribution in [-0.4, -0.2) is 26.9 Å². The van der Waals surface area contributed by atoms with Crippen LogP contribution in [-0.2, 0) is 17.6 Å². The number of fused-ring (bicyclic) bond motifs is 1. The Morgan fingerprint density at radius 2 is 2.18 bits per heavy atom. The van der Waals surface area contributed by atoms with Gasteiger partial charge in [-0.3, -0.25) is 0 Å². The predicted molar refractivity (Wildman–Crippen MR) is 67.0 cm³/mol. The summed E-state index contributed by atoms with van der Waals surface area (Å²) in [5, 5.41) is 0. The fourth-order valence-corrected chi connectivity index (χ4v) is 2.03. The summed E-state index contributed by atoms with van der Waals surface area (Å²) in [4.78, 5) is 0. The Morgan fingerprint density at radius 3 is 2.94 bits per heavy atom. The summed E-state index contributed by atoms with van der Waals surface area (Å²) < 4.78 is 16.4. The lowest BCUT2D eigenvalue weighted by molar-refractivity contribution is 0.170. The first-order chi connectivity index (χ1) is 8.35. The monoisotopic (exact) mass is 236 g/mol. The molecule has 0 saturated heterocycles. The van der Waals surface area contributed by atoms with Crippen molar-refractivity contribution >= 4 is 0 Å². The van der Waals surface area contributed by atoms with Crippen LogP contribution >= 0.6 is 0 Å². The Hall–Kier alpha value is -1.22. The molecule has 0 N–H and O–H groups in total. The van der Waals surface area contributed by atoms with E-state index in [-0.39, 0.29) is 0 Å². The van der Waals surface area contributed by atoms with Gasteiger partial charge < -0.3 is 14.2 Å². The van der Waals surface area contributed by atoms with Gasteiger partial charge in [-0.15, -0.1) is 0 Å². The second-order valence-corrected chi connectivity index (χ2v) is 4.23. The maximum Gasteiger partial charge on any atom is 0.164 e. The molecule has 0 radical (unpaired) electrons. The molecule has 1 aliphatic rings. The lowest BCUT2D eigenvalue weighted by Crippen LogP contribution is -2.03. The van der Waals surface area contributed by atoms with Gasteiger partial charge in [0.25, 0.3) is 0 Å². The predicted octanol–water partition coefficient (Wildman–Crippen LogP) is 2.60. The Balaban J connectivity index is 2.07. The van der Waals surface area contributed by atoms with Gasteiger partial charge in [0.05, 0.1) is 13.2 Å². The molecule has 17 heavy (non-hydrogen) atoms. The zero-order chi connectivity index (χ0) is 12.1. The average molecular weight is 236 g/mol. The molecule has 1 aromatic carbocycles. The van der Waals surface area contributed by atoms with Crippen molar-refractivity contribution in [3.05, 3.63) is 23.3 Å². The largest absolute Gasteiger partial charge is 0.490 e. The lowest BCUT2D eigenvalue weighted by Gasteiger charge is -2.12. The molecule has 94 valence electrons. The average Bonchev–Trinajstić information content (AvgIpc) is 2.82. The van der Waals surface area contributed by atoms with Gasteiger partial charge in [-0.2, -0.15) is 0 Å². The van der Waals surface area contributed by atoms with Crippen molar-refractivity contribution in [3.8, 4) is 11.5 Å². The summed E-state index contributed by atoms with van der Waals surface area (Å²) in [6.45, 7) is 4.34. The van der Waals surface area contributed by atoms with Gasteiger partial charge in [-0.1, -0.05) is 13.0 Å². The smallest absolute Gasteiger partial charge is 0.164 e. The number of hydrogen-bond acceptors (Lipinski definition) is 3. The molecular weight excluding hydrogens is 216 g/mol. The van der Waals surface area contributed by atoms with Crippen LogP contribution in [0, 0.1) is 0 Å². The van der Waals surface area contributed by atoms with Crippen LogP contribution in [0.3, 0.4) is 0 Å². The molecule has 0 bridgehead atoms. The van der Waals surface area contributed by atoms with Crippen LogP contribution in [0.2, 0.25) is 0 Å². The summed E-state index contributed by atoms with van der Waals surface area (Å²) in [5.74, 6) is 1.84. The third kappa shape index (κ3) is 2.91. The first-order valence-electron chi connectivity index (χ1n) is 6.25. The van der Waals surface area contributed by atoms with E-state index in [0.717, 1.165) is 44.0 Å². The molecule has 0 saturated carbocycles.